The van der Waals surface area contributed by atoms with Gasteiger partial charge in [0, 0.05) is 16.8 Å². The van der Waals surface area contributed by atoms with Crippen molar-refractivity contribution in [2.75, 3.05) is 0 Å². The Balaban J connectivity index is 2.15. The monoisotopic (exact) mass is 270 g/mol. The van der Waals surface area contributed by atoms with Crippen molar-refractivity contribution < 1.29 is 0 Å². The molecule has 1 heterocycles. The third-order valence-electron chi connectivity index (χ3n) is 3.86. The highest BCUT2D eigenvalue weighted by atomic mass is 32.1. The minimum atomic E-state index is 0.786. The van der Waals surface area contributed by atoms with Gasteiger partial charge in [0.25, 0.3) is 0 Å². The first-order valence-corrected chi connectivity index (χ1v) is 7.34. The summed E-state index contributed by atoms with van der Waals surface area (Å²) in [5, 5.41) is 0. The fourth-order valence-electron chi connectivity index (χ4n) is 2.76. The standard InChI is InChI=1S/C16H18N2S/c1-11-7-5-6-8-12(11)15-17-14-10-4-2-3-9-13(14)16(19)18-15/h5-8H,2-4,9-10H2,1H3,(H,17,18,19). The zero-order valence-electron chi connectivity index (χ0n) is 11.2. The van der Waals surface area contributed by atoms with Crippen molar-refractivity contribution in [3.63, 3.8) is 0 Å². The van der Waals surface area contributed by atoms with Crippen LogP contribution in [0.3, 0.4) is 0 Å². The Morgan fingerprint density at radius 3 is 2.74 bits per heavy atom. The van der Waals surface area contributed by atoms with E-state index in [-0.39, 0.29) is 0 Å². The summed E-state index contributed by atoms with van der Waals surface area (Å²) in [7, 11) is 0. The number of hydrogen-bond donors (Lipinski definition) is 1. The number of aryl methyl sites for hydroxylation is 2. The molecule has 98 valence electrons. The Morgan fingerprint density at radius 1 is 1.11 bits per heavy atom. The van der Waals surface area contributed by atoms with E-state index in [9.17, 15) is 0 Å². The lowest BCUT2D eigenvalue weighted by Crippen LogP contribution is -2.02. The first kappa shape index (κ1) is 12.5. The van der Waals surface area contributed by atoms with Gasteiger partial charge in [-0.2, -0.15) is 0 Å². The van der Waals surface area contributed by atoms with E-state index in [4.69, 9.17) is 12.2 Å². The van der Waals surface area contributed by atoms with Gasteiger partial charge >= 0.3 is 0 Å². The molecule has 0 radical (unpaired) electrons. The first-order valence-electron chi connectivity index (χ1n) is 6.94. The van der Waals surface area contributed by atoms with Crippen LogP contribution in [0.1, 0.15) is 36.1 Å². The normalized spacial score (nSPS) is 14.8. The Morgan fingerprint density at radius 2 is 1.89 bits per heavy atom. The van der Waals surface area contributed by atoms with Gasteiger partial charge in [-0.05, 0) is 38.2 Å². The smallest absolute Gasteiger partial charge is 0.139 e. The average molecular weight is 270 g/mol. The lowest BCUT2D eigenvalue weighted by molar-refractivity contribution is 0.708. The van der Waals surface area contributed by atoms with E-state index in [2.05, 4.69) is 35.1 Å². The number of hydrogen-bond acceptors (Lipinski definition) is 2. The zero-order chi connectivity index (χ0) is 13.2. The number of aromatic nitrogens is 2. The lowest BCUT2D eigenvalue weighted by atomic mass is 10.1. The van der Waals surface area contributed by atoms with E-state index in [0.717, 1.165) is 28.9 Å². The van der Waals surface area contributed by atoms with Crippen LogP contribution in [0.4, 0.5) is 0 Å². The molecule has 2 aromatic rings. The van der Waals surface area contributed by atoms with Gasteiger partial charge in [-0.25, -0.2) is 4.98 Å². The van der Waals surface area contributed by atoms with Crippen LogP contribution in [-0.4, -0.2) is 9.97 Å². The van der Waals surface area contributed by atoms with Crippen molar-refractivity contribution in [2.24, 2.45) is 0 Å². The van der Waals surface area contributed by atoms with Crippen LogP contribution in [0.15, 0.2) is 24.3 Å². The molecule has 2 nitrogen and oxygen atoms in total. The molecule has 3 rings (SSSR count). The topological polar surface area (TPSA) is 28.7 Å². The molecule has 0 bridgehead atoms. The van der Waals surface area contributed by atoms with Crippen molar-refractivity contribution in [1.82, 2.24) is 9.97 Å². The number of aromatic amines is 1. The van der Waals surface area contributed by atoms with E-state index < -0.39 is 0 Å². The third-order valence-corrected chi connectivity index (χ3v) is 4.20. The van der Waals surface area contributed by atoms with E-state index >= 15 is 0 Å². The Kier molecular flexibility index (Phi) is 3.47. The molecule has 19 heavy (non-hydrogen) atoms. The van der Waals surface area contributed by atoms with Crippen LogP contribution in [0.25, 0.3) is 11.4 Å². The second-order valence-electron chi connectivity index (χ2n) is 5.22. The molecule has 1 N–H and O–H groups in total. The van der Waals surface area contributed by atoms with Crippen molar-refractivity contribution in [1.29, 1.82) is 0 Å². The highest BCUT2D eigenvalue weighted by Gasteiger charge is 2.13. The van der Waals surface area contributed by atoms with Gasteiger partial charge in [0.1, 0.15) is 10.5 Å². The summed E-state index contributed by atoms with van der Waals surface area (Å²) >= 11 is 5.50. The number of rotatable bonds is 1. The van der Waals surface area contributed by atoms with Crippen LogP contribution in [0, 0.1) is 11.6 Å². The fraction of sp³-hybridized carbons (Fsp3) is 0.375. The highest BCUT2D eigenvalue weighted by molar-refractivity contribution is 7.71. The number of nitrogens with one attached hydrogen (secondary N) is 1. The van der Waals surface area contributed by atoms with Gasteiger partial charge in [0.15, 0.2) is 0 Å². The number of benzene rings is 1. The van der Waals surface area contributed by atoms with Gasteiger partial charge in [0.2, 0.25) is 0 Å². The SMILES string of the molecule is Cc1ccccc1-c1nc(=S)c2c([nH]1)CCCCC2. The zero-order valence-corrected chi connectivity index (χ0v) is 12.0. The van der Waals surface area contributed by atoms with Crippen molar-refractivity contribution in [3.8, 4) is 11.4 Å². The van der Waals surface area contributed by atoms with Crippen LogP contribution in [0.2, 0.25) is 0 Å². The third kappa shape index (κ3) is 2.47. The van der Waals surface area contributed by atoms with Crippen molar-refractivity contribution in [3.05, 3.63) is 45.7 Å². The van der Waals surface area contributed by atoms with Crippen LogP contribution >= 0.6 is 12.2 Å². The van der Waals surface area contributed by atoms with E-state index in [1.165, 1.54) is 36.1 Å². The summed E-state index contributed by atoms with van der Waals surface area (Å²) in [4.78, 5) is 8.14. The van der Waals surface area contributed by atoms with Crippen LogP contribution in [-0.2, 0) is 12.8 Å². The maximum Gasteiger partial charge on any atom is 0.139 e. The molecule has 0 saturated heterocycles. The predicted octanol–water partition coefficient (Wildman–Crippen LogP) is 4.38. The Hall–Kier alpha value is -1.48. The maximum absolute atomic E-state index is 5.50. The molecule has 1 aliphatic carbocycles. The molecule has 0 amide bonds. The molecular weight excluding hydrogens is 252 g/mol. The second kappa shape index (κ2) is 5.25. The summed E-state index contributed by atoms with van der Waals surface area (Å²) in [6.45, 7) is 2.11. The molecule has 1 aromatic carbocycles. The van der Waals surface area contributed by atoms with Gasteiger partial charge in [-0.1, -0.05) is 42.9 Å². The quantitative estimate of drug-likeness (QED) is 0.615. The Labute approximate surface area is 118 Å². The van der Waals surface area contributed by atoms with Crippen LogP contribution < -0.4 is 0 Å². The fourth-order valence-corrected chi connectivity index (χ4v) is 3.08. The molecule has 0 saturated carbocycles. The molecule has 0 unspecified atom stereocenters. The predicted molar refractivity (Wildman–Crippen MR) is 80.9 cm³/mol. The molecule has 0 atom stereocenters. The minimum absolute atomic E-state index is 0.786. The summed E-state index contributed by atoms with van der Waals surface area (Å²) in [6.07, 6.45) is 5.94. The maximum atomic E-state index is 5.50. The summed E-state index contributed by atoms with van der Waals surface area (Å²) in [6, 6.07) is 8.31. The molecule has 0 spiro atoms. The van der Waals surface area contributed by atoms with Gasteiger partial charge in [-0.3, -0.25) is 0 Å². The summed E-state index contributed by atoms with van der Waals surface area (Å²) in [5.74, 6) is 0.920. The van der Waals surface area contributed by atoms with Crippen molar-refractivity contribution in [2.45, 2.75) is 39.0 Å². The van der Waals surface area contributed by atoms with Crippen LogP contribution in [0.5, 0.6) is 0 Å². The molecule has 0 aliphatic heterocycles. The Bertz CT molecular complexity index is 658. The molecule has 1 aromatic heterocycles. The van der Waals surface area contributed by atoms with E-state index in [1.807, 2.05) is 6.07 Å². The van der Waals surface area contributed by atoms with E-state index in [1.54, 1.807) is 0 Å². The van der Waals surface area contributed by atoms with E-state index in [0.29, 0.717) is 0 Å². The summed E-state index contributed by atoms with van der Waals surface area (Å²) in [5.41, 5.74) is 4.95. The van der Waals surface area contributed by atoms with Gasteiger partial charge in [-0.15, -0.1) is 0 Å². The molecule has 3 heteroatoms. The molecule has 0 fully saturated rings. The number of H-pyrrole nitrogens is 1. The largest absolute Gasteiger partial charge is 0.343 e. The lowest BCUT2D eigenvalue weighted by Gasteiger charge is -2.11. The second-order valence-corrected chi connectivity index (χ2v) is 5.61. The number of nitrogens with zero attached hydrogens (tertiary/aromatic N) is 1. The minimum Gasteiger partial charge on any atom is -0.343 e. The summed E-state index contributed by atoms with van der Waals surface area (Å²) < 4.78 is 0.786. The van der Waals surface area contributed by atoms with Gasteiger partial charge in [0.05, 0.1) is 0 Å². The van der Waals surface area contributed by atoms with Gasteiger partial charge < -0.3 is 4.98 Å². The molecular formula is C16H18N2S. The number of fused-ring (bicyclic) bond motifs is 1. The first-order chi connectivity index (χ1) is 9.25. The van der Waals surface area contributed by atoms with Crippen molar-refractivity contribution >= 4 is 12.2 Å². The highest BCUT2D eigenvalue weighted by Crippen LogP contribution is 2.24. The average Bonchev–Trinajstić information content (AvgIpc) is 2.65. The molecule has 1 aliphatic rings.